The number of aryl methyl sites for hydroxylation is 1. The summed E-state index contributed by atoms with van der Waals surface area (Å²) >= 11 is 3.47. The molecule has 0 N–H and O–H groups in total. The van der Waals surface area contributed by atoms with Crippen LogP contribution in [0.15, 0.2) is 22.7 Å². The molecule has 0 spiro atoms. The lowest BCUT2D eigenvalue weighted by atomic mass is 10.2. The van der Waals surface area contributed by atoms with E-state index >= 15 is 0 Å². The highest BCUT2D eigenvalue weighted by molar-refractivity contribution is 9.10. The van der Waals surface area contributed by atoms with Crippen molar-refractivity contribution in [1.82, 2.24) is 9.80 Å². The molecule has 0 radical (unpaired) electrons. The Morgan fingerprint density at radius 3 is 2.63 bits per heavy atom. The maximum Gasteiger partial charge on any atom is 0.122 e. The van der Waals surface area contributed by atoms with Crippen molar-refractivity contribution in [2.24, 2.45) is 0 Å². The zero-order valence-electron chi connectivity index (χ0n) is 11.9. The van der Waals surface area contributed by atoms with E-state index in [0.29, 0.717) is 0 Å². The fourth-order valence-corrected chi connectivity index (χ4v) is 2.79. The zero-order valence-corrected chi connectivity index (χ0v) is 13.4. The fourth-order valence-electron chi connectivity index (χ4n) is 2.32. The third kappa shape index (κ3) is 4.79. The average Bonchev–Trinajstić information content (AvgIpc) is 2.39. The van der Waals surface area contributed by atoms with Crippen LogP contribution in [-0.4, -0.2) is 56.2 Å². The summed E-state index contributed by atoms with van der Waals surface area (Å²) in [6.07, 6.45) is 1.10. The van der Waals surface area contributed by atoms with Crippen molar-refractivity contribution in [1.29, 1.82) is 0 Å². The quantitative estimate of drug-likeness (QED) is 0.774. The SMILES string of the molecule is Cc1cc(Br)ccc1OCCCN1CCN(C)CC1. The molecule has 3 nitrogen and oxygen atoms in total. The summed E-state index contributed by atoms with van der Waals surface area (Å²) in [4.78, 5) is 4.91. The Balaban J connectivity index is 1.66. The van der Waals surface area contributed by atoms with Crippen LogP contribution in [-0.2, 0) is 0 Å². The van der Waals surface area contributed by atoms with E-state index in [-0.39, 0.29) is 0 Å². The maximum absolute atomic E-state index is 5.85. The second kappa shape index (κ2) is 7.27. The first-order chi connectivity index (χ1) is 9.15. The lowest BCUT2D eigenvalue weighted by Crippen LogP contribution is -2.44. The van der Waals surface area contributed by atoms with Crippen LogP contribution in [0.1, 0.15) is 12.0 Å². The van der Waals surface area contributed by atoms with E-state index in [1.54, 1.807) is 0 Å². The van der Waals surface area contributed by atoms with Crippen LogP contribution < -0.4 is 4.74 Å². The molecule has 0 saturated carbocycles. The van der Waals surface area contributed by atoms with E-state index in [1.807, 2.05) is 12.1 Å². The summed E-state index contributed by atoms with van der Waals surface area (Å²) in [5, 5.41) is 0. The van der Waals surface area contributed by atoms with Crippen molar-refractivity contribution in [3.8, 4) is 5.75 Å². The van der Waals surface area contributed by atoms with Gasteiger partial charge in [0.1, 0.15) is 5.75 Å². The van der Waals surface area contributed by atoms with E-state index < -0.39 is 0 Å². The van der Waals surface area contributed by atoms with Crippen molar-refractivity contribution >= 4 is 15.9 Å². The van der Waals surface area contributed by atoms with Crippen LogP contribution in [0.5, 0.6) is 5.75 Å². The molecule has 0 atom stereocenters. The maximum atomic E-state index is 5.85. The van der Waals surface area contributed by atoms with Gasteiger partial charge in [0.2, 0.25) is 0 Å². The van der Waals surface area contributed by atoms with Crippen LogP contribution >= 0.6 is 15.9 Å². The molecular formula is C15H23BrN2O. The molecule has 1 aromatic carbocycles. The molecular weight excluding hydrogens is 304 g/mol. The van der Waals surface area contributed by atoms with Gasteiger partial charge in [-0.25, -0.2) is 0 Å². The second-order valence-corrected chi connectivity index (χ2v) is 6.17. The number of nitrogens with zero attached hydrogens (tertiary/aromatic N) is 2. The van der Waals surface area contributed by atoms with Crippen molar-refractivity contribution in [3.63, 3.8) is 0 Å². The molecule has 19 heavy (non-hydrogen) atoms. The van der Waals surface area contributed by atoms with Crippen molar-refractivity contribution in [2.45, 2.75) is 13.3 Å². The largest absolute Gasteiger partial charge is 0.493 e. The Morgan fingerprint density at radius 1 is 1.21 bits per heavy atom. The summed E-state index contributed by atoms with van der Waals surface area (Å²) in [5.41, 5.74) is 1.19. The monoisotopic (exact) mass is 326 g/mol. The molecule has 0 unspecified atom stereocenters. The molecule has 106 valence electrons. The Kier molecular flexibility index (Phi) is 5.67. The van der Waals surface area contributed by atoms with E-state index in [2.05, 4.69) is 45.8 Å². The average molecular weight is 327 g/mol. The van der Waals surface area contributed by atoms with Crippen LogP contribution in [0.3, 0.4) is 0 Å². The summed E-state index contributed by atoms with van der Waals surface area (Å²) in [7, 11) is 2.19. The van der Waals surface area contributed by atoms with E-state index in [9.17, 15) is 0 Å². The van der Waals surface area contributed by atoms with Gasteiger partial charge in [0.25, 0.3) is 0 Å². The molecule has 1 saturated heterocycles. The Bertz CT molecular complexity index is 403. The Morgan fingerprint density at radius 2 is 1.95 bits per heavy atom. The molecule has 0 bridgehead atoms. The highest BCUT2D eigenvalue weighted by Crippen LogP contribution is 2.22. The van der Waals surface area contributed by atoms with Crippen LogP contribution in [0, 0.1) is 6.92 Å². The number of piperazine rings is 1. The normalized spacial score (nSPS) is 17.6. The number of likely N-dealkylation sites (N-methyl/N-ethyl adjacent to an activating group) is 1. The van der Waals surface area contributed by atoms with Crippen molar-refractivity contribution in [3.05, 3.63) is 28.2 Å². The molecule has 2 rings (SSSR count). The van der Waals surface area contributed by atoms with Gasteiger partial charge in [-0.05, 0) is 44.2 Å². The first-order valence-electron chi connectivity index (χ1n) is 6.95. The van der Waals surface area contributed by atoms with Gasteiger partial charge in [-0.15, -0.1) is 0 Å². The van der Waals surface area contributed by atoms with Gasteiger partial charge in [0.15, 0.2) is 0 Å². The lowest BCUT2D eigenvalue weighted by molar-refractivity contribution is 0.145. The number of rotatable bonds is 5. The molecule has 1 aliphatic rings. The van der Waals surface area contributed by atoms with Gasteiger partial charge in [0, 0.05) is 37.2 Å². The van der Waals surface area contributed by atoms with Crippen molar-refractivity contribution in [2.75, 3.05) is 46.4 Å². The van der Waals surface area contributed by atoms with Gasteiger partial charge in [-0.1, -0.05) is 15.9 Å². The minimum atomic E-state index is 0.800. The smallest absolute Gasteiger partial charge is 0.122 e. The van der Waals surface area contributed by atoms with Crippen LogP contribution in [0.25, 0.3) is 0 Å². The molecule has 1 aromatic rings. The predicted octanol–water partition coefficient (Wildman–Crippen LogP) is 2.77. The van der Waals surface area contributed by atoms with Gasteiger partial charge in [0.05, 0.1) is 6.61 Å². The van der Waals surface area contributed by atoms with Gasteiger partial charge < -0.3 is 14.5 Å². The summed E-state index contributed by atoms with van der Waals surface area (Å²) in [6, 6.07) is 6.16. The minimum absolute atomic E-state index is 0.800. The summed E-state index contributed by atoms with van der Waals surface area (Å²) < 4.78 is 6.95. The Hall–Kier alpha value is -0.580. The predicted molar refractivity (Wildman–Crippen MR) is 82.9 cm³/mol. The molecule has 1 heterocycles. The summed E-state index contributed by atoms with van der Waals surface area (Å²) in [5.74, 6) is 1.00. The number of ether oxygens (including phenoxy) is 1. The first-order valence-corrected chi connectivity index (χ1v) is 7.74. The topological polar surface area (TPSA) is 15.7 Å². The first kappa shape index (κ1) is 14.8. The summed E-state index contributed by atoms with van der Waals surface area (Å²) in [6.45, 7) is 8.78. The van der Waals surface area contributed by atoms with Gasteiger partial charge in [-0.3, -0.25) is 0 Å². The molecule has 4 heteroatoms. The standard InChI is InChI=1S/C15H23BrN2O/c1-13-12-14(16)4-5-15(13)19-11-3-6-18-9-7-17(2)8-10-18/h4-5,12H,3,6-11H2,1-2H3. The van der Waals surface area contributed by atoms with E-state index in [0.717, 1.165) is 29.8 Å². The number of hydrogen-bond donors (Lipinski definition) is 0. The molecule has 0 amide bonds. The second-order valence-electron chi connectivity index (χ2n) is 5.26. The number of benzene rings is 1. The van der Waals surface area contributed by atoms with Crippen LogP contribution in [0.2, 0.25) is 0 Å². The lowest BCUT2D eigenvalue weighted by Gasteiger charge is -2.32. The van der Waals surface area contributed by atoms with E-state index in [4.69, 9.17) is 4.74 Å². The van der Waals surface area contributed by atoms with Gasteiger partial charge in [-0.2, -0.15) is 0 Å². The Labute approximate surface area is 124 Å². The zero-order chi connectivity index (χ0) is 13.7. The van der Waals surface area contributed by atoms with Crippen LogP contribution in [0.4, 0.5) is 0 Å². The minimum Gasteiger partial charge on any atom is -0.493 e. The third-order valence-electron chi connectivity index (χ3n) is 3.61. The molecule has 0 aromatic heterocycles. The molecule has 1 aliphatic heterocycles. The number of halogens is 1. The van der Waals surface area contributed by atoms with Gasteiger partial charge >= 0.3 is 0 Å². The molecule has 0 aliphatic carbocycles. The van der Waals surface area contributed by atoms with E-state index in [1.165, 1.54) is 31.7 Å². The molecule has 1 fully saturated rings. The van der Waals surface area contributed by atoms with Crippen molar-refractivity contribution < 1.29 is 4.74 Å². The fraction of sp³-hybridized carbons (Fsp3) is 0.600. The highest BCUT2D eigenvalue weighted by Gasteiger charge is 2.12. The number of hydrogen-bond acceptors (Lipinski definition) is 3. The highest BCUT2D eigenvalue weighted by atomic mass is 79.9. The third-order valence-corrected chi connectivity index (χ3v) is 4.10.